The molecule has 1 aliphatic heterocycles. The lowest BCUT2D eigenvalue weighted by atomic mass is 10.0. The lowest BCUT2D eigenvalue weighted by molar-refractivity contribution is -0.139. The SMILES string of the molecule is CC(C)C[C@@H](NC(=O)N1CCNC(=O)C1)C(=O)O. The Balaban J connectivity index is 2.54. The molecule has 0 unspecified atom stereocenters. The highest BCUT2D eigenvalue weighted by molar-refractivity contribution is 5.87. The number of carbonyl (C=O) groups is 3. The first kappa shape index (κ1) is 14.3. The fraction of sp³-hybridized carbons (Fsp3) is 0.727. The van der Waals surface area contributed by atoms with E-state index < -0.39 is 18.0 Å². The van der Waals surface area contributed by atoms with Crippen LogP contribution in [0.15, 0.2) is 0 Å². The Morgan fingerprint density at radius 2 is 2.17 bits per heavy atom. The molecule has 1 fully saturated rings. The summed E-state index contributed by atoms with van der Waals surface area (Å²) in [6.07, 6.45) is 0.362. The number of urea groups is 1. The van der Waals surface area contributed by atoms with Crippen LogP contribution in [0.4, 0.5) is 4.79 Å². The molecule has 3 amide bonds. The van der Waals surface area contributed by atoms with E-state index in [9.17, 15) is 14.4 Å². The second kappa shape index (κ2) is 6.23. The Bertz CT molecular complexity index is 343. The summed E-state index contributed by atoms with van der Waals surface area (Å²) in [5.74, 6) is -1.12. The van der Waals surface area contributed by atoms with E-state index in [2.05, 4.69) is 10.6 Å². The van der Waals surface area contributed by atoms with Crippen LogP contribution in [0.25, 0.3) is 0 Å². The quantitative estimate of drug-likeness (QED) is 0.639. The number of rotatable bonds is 4. The summed E-state index contributed by atoms with van der Waals surface area (Å²) >= 11 is 0. The lowest BCUT2D eigenvalue weighted by Crippen LogP contribution is -2.55. The highest BCUT2D eigenvalue weighted by atomic mass is 16.4. The van der Waals surface area contributed by atoms with Crippen LogP contribution in [0.2, 0.25) is 0 Å². The van der Waals surface area contributed by atoms with Crippen molar-refractivity contribution in [2.45, 2.75) is 26.3 Å². The molecule has 0 aromatic carbocycles. The van der Waals surface area contributed by atoms with E-state index in [0.717, 1.165) is 0 Å². The number of carbonyl (C=O) groups excluding carboxylic acids is 2. The highest BCUT2D eigenvalue weighted by Gasteiger charge is 2.26. The average molecular weight is 257 g/mol. The van der Waals surface area contributed by atoms with Gasteiger partial charge in [0.1, 0.15) is 12.6 Å². The van der Waals surface area contributed by atoms with Gasteiger partial charge in [-0.3, -0.25) is 4.79 Å². The third kappa shape index (κ3) is 4.23. The first-order chi connectivity index (χ1) is 8.40. The lowest BCUT2D eigenvalue weighted by Gasteiger charge is -2.28. The molecular weight excluding hydrogens is 238 g/mol. The Morgan fingerprint density at radius 3 is 2.67 bits per heavy atom. The van der Waals surface area contributed by atoms with Crippen molar-refractivity contribution in [2.24, 2.45) is 5.92 Å². The summed E-state index contributed by atoms with van der Waals surface area (Å²) < 4.78 is 0. The average Bonchev–Trinajstić information content (AvgIpc) is 2.27. The molecule has 7 nitrogen and oxygen atoms in total. The summed E-state index contributed by atoms with van der Waals surface area (Å²) in [6.45, 7) is 4.53. The van der Waals surface area contributed by atoms with Crippen LogP contribution in [0.3, 0.4) is 0 Å². The van der Waals surface area contributed by atoms with Crippen LogP contribution < -0.4 is 10.6 Å². The van der Waals surface area contributed by atoms with Gasteiger partial charge in [-0.1, -0.05) is 13.8 Å². The summed E-state index contributed by atoms with van der Waals surface area (Å²) in [5.41, 5.74) is 0. The molecule has 1 heterocycles. The van der Waals surface area contributed by atoms with E-state index in [1.54, 1.807) is 0 Å². The second-order valence-electron chi connectivity index (χ2n) is 4.74. The molecule has 1 aliphatic rings. The van der Waals surface area contributed by atoms with Crippen molar-refractivity contribution in [2.75, 3.05) is 19.6 Å². The maximum absolute atomic E-state index is 11.8. The number of hydrogen-bond acceptors (Lipinski definition) is 3. The molecular formula is C11H19N3O4. The zero-order chi connectivity index (χ0) is 13.7. The molecule has 102 valence electrons. The molecule has 0 saturated carbocycles. The van der Waals surface area contributed by atoms with Crippen molar-refractivity contribution < 1.29 is 19.5 Å². The standard InChI is InChI=1S/C11H19N3O4/c1-7(2)5-8(10(16)17)13-11(18)14-4-3-12-9(15)6-14/h7-8H,3-6H2,1-2H3,(H,12,15)(H,13,18)(H,16,17)/t8-/m1/s1. The first-order valence-electron chi connectivity index (χ1n) is 5.95. The molecule has 3 N–H and O–H groups in total. The molecule has 0 aromatic heterocycles. The van der Waals surface area contributed by atoms with Gasteiger partial charge in [-0.05, 0) is 12.3 Å². The Hall–Kier alpha value is -1.79. The molecule has 18 heavy (non-hydrogen) atoms. The minimum Gasteiger partial charge on any atom is -0.480 e. The fourth-order valence-electron chi connectivity index (χ4n) is 1.75. The molecule has 0 bridgehead atoms. The van der Waals surface area contributed by atoms with Gasteiger partial charge in [-0.25, -0.2) is 9.59 Å². The van der Waals surface area contributed by atoms with Crippen molar-refractivity contribution in [3.8, 4) is 0 Å². The van der Waals surface area contributed by atoms with E-state index >= 15 is 0 Å². The monoisotopic (exact) mass is 257 g/mol. The number of hydrogen-bond donors (Lipinski definition) is 3. The van der Waals surface area contributed by atoms with Gasteiger partial charge in [0.2, 0.25) is 5.91 Å². The first-order valence-corrected chi connectivity index (χ1v) is 5.95. The topological polar surface area (TPSA) is 98.7 Å². The Kier molecular flexibility index (Phi) is 4.94. The Morgan fingerprint density at radius 1 is 1.50 bits per heavy atom. The van der Waals surface area contributed by atoms with Crippen LogP contribution in [0.1, 0.15) is 20.3 Å². The fourth-order valence-corrected chi connectivity index (χ4v) is 1.75. The summed E-state index contributed by atoms with van der Waals surface area (Å²) in [7, 11) is 0. The van der Waals surface area contributed by atoms with Crippen molar-refractivity contribution in [1.29, 1.82) is 0 Å². The number of piperazine rings is 1. The van der Waals surface area contributed by atoms with Crippen LogP contribution in [0, 0.1) is 5.92 Å². The van der Waals surface area contributed by atoms with Gasteiger partial charge in [0.25, 0.3) is 0 Å². The van der Waals surface area contributed by atoms with E-state index in [-0.39, 0.29) is 18.4 Å². The summed E-state index contributed by atoms with van der Waals surface area (Å²) in [4.78, 5) is 35.3. The molecule has 0 radical (unpaired) electrons. The number of nitrogens with zero attached hydrogens (tertiary/aromatic N) is 1. The van der Waals surface area contributed by atoms with Crippen molar-refractivity contribution >= 4 is 17.9 Å². The Labute approximate surface area is 106 Å². The van der Waals surface area contributed by atoms with Gasteiger partial charge >= 0.3 is 12.0 Å². The normalized spacial score (nSPS) is 17.3. The van der Waals surface area contributed by atoms with Crippen molar-refractivity contribution in [3.63, 3.8) is 0 Å². The van der Waals surface area contributed by atoms with Crippen LogP contribution >= 0.6 is 0 Å². The smallest absolute Gasteiger partial charge is 0.326 e. The van der Waals surface area contributed by atoms with Gasteiger partial charge < -0.3 is 20.6 Å². The van der Waals surface area contributed by atoms with Gasteiger partial charge in [-0.2, -0.15) is 0 Å². The molecule has 7 heteroatoms. The van der Waals surface area contributed by atoms with Crippen LogP contribution in [0.5, 0.6) is 0 Å². The zero-order valence-electron chi connectivity index (χ0n) is 10.6. The molecule has 0 aromatic rings. The van der Waals surface area contributed by atoms with E-state index in [0.29, 0.717) is 19.5 Å². The van der Waals surface area contributed by atoms with E-state index in [1.807, 2.05) is 13.8 Å². The summed E-state index contributed by atoms with van der Waals surface area (Å²) in [5, 5.41) is 14.1. The second-order valence-corrected chi connectivity index (χ2v) is 4.74. The van der Waals surface area contributed by atoms with Crippen LogP contribution in [-0.2, 0) is 9.59 Å². The van der Waals surface area contributed by atoms with E-state index in [1.165, 1.54) is 4.90 Å². The molecule has 1 rings (SSSR count). The van der Waals surface area contributed by atoms with Crippen molar-refractivity contribution in [1.82, 2.24) is 15.5 Å². The number of amides is 3. The van der Waals surface area contributed by atoms with E-state index in [4.69, 9.17) is 5.11 Å². The van der Waals surface area contributed by atoms with Gasteiger partial charge in [0.05, 0.1) is 0 Å². The maximum Gasteiger partial charge on any atom is 0.326 e. The van der Waals surface area contributed by atoms with Gasteiger partial charge in [0.15, 0.2) is 0 Å². The number of carboxylic acid groups (broad SMARTS) is 1. The van der Waals surface area contributed by atoms with Gasteiger partial charge in [0, 0.05) is 13.1 Å². The molecule has 0 spiro atoms. The number of aliphatic carboxylic acids is 1. The molecule has 0 aliphatic carbocycles. The summed E-state index contributed by atoms with van der Waals surface area (Å²) in [6, 6.07) is -1.42. The third-order valence-corrected chi connectivity index (χ3v) is 2.63. The minimum absolute atomic E-state index is 0.0279. The number of nitrogens with one attached hydrogen (secondary N) is 2. The molecule has 1 saturated heterocycles. The molecule has 1 atom stereocenters. The highest BCUT2D eigenvalue weighted by Crippen LogP contribution is 2.06. The van der Waals surface area contributed by atoms with Crippen molar-refractivity contribution in [3.05, 3.63) is 0 Å². The predicted octanol–water partition coefficient (Wildman–Crippen LogP) is -0.373. The third-order valence-electron chi connectivity index (χ3n) is 2.63. The number of carboxylic acids is 1. The minimum atomic E-state index is -1.06. The maximum atomic E-state index is 11.8. The zero-order valence-corrected chi connectivity index (χ0v) is 10.6. The van der Waals surface area contributed by atoms with Crippen LogP contribution in [-0.4, -0.2) is 53.6 Å². The largest absolute Gasteiger partial charge is 0.480 e. The van der Waals surface area contributed by atoms with Gasteiger partial charge in [-0.15, -0.1) is 0 Å². The predicted molar refractivity (Wildman–Crippen MR) is 64.0 cm³/mol.